The van der Waals surface area contributed by atoms with Crippen LogP contribution in [0.15, 0.2) is 42.5 Å². The second-order valence-electron chi connectivity index (χ2n) is 5.35. The zero-order valence-corrected chi connectivity index (χ0v) is 10.9. The Morgan fingerprint density at radius 3 is 2.79 bits per heavy atom. The standard InChI is InChI=1S/C17H17FO/c1-11-8-14(18)7-6-12(11)10-17(19)16-9-13-4-2-3-5-15(13)16/h2-8,16-17,19H,9-10H2,1H3. The van der Waals surface area contributed by atoms with Crippen LogP contribution in [0, 0.1) is 12.7 Å². The van der Waals surface area contributed by atoms with Gasteiger partial charge >= 0.3 is 0 Å². The Hall–Kier alpha value is -1.67. The number of fused-ring (bicyclic) bond motifs is 1. The van der Waals surface area contributed by atoms with Gasteiger partial charge in [-0.15, -0.1) is 0 Å². The highest BCUT2D eigenvalue weighted by molar-refractivity contribution is 5.41. The Labute approximate surface area is 112 Å². The average molecular weight is 256 g/mol. The van der Waals surface area contributed by atoms with Gasteiger partial charge in [0.2, 0.25) is 0 Å². The van der Waals surface area contributed by atoms with E-state index in [0.717, 1.165) is 17.5 Å². The first-order chi connectivity index (χ1) is 9.15. The normalized spacial score (nSPS) is 18.6. The first-order valence-corrected chi connectivity index (χ1v) is 6.66. The molecule has 0 radical (unpaired) electrons. The highest BCUT2D eigenvalue weighted by Crippen LogP contribution is 2.38. The van der Waals surface area contributed by atoms with E-state index < -0.39 is 0 Å². The van der Waals surface area contributed by atoms with Gasteiger partial charge in [-0.25, -0.2) is 4.39 Å². The molecular weight excluding hydrogens is 239 g/mol. The van der Waals surface area contributed by atoms with Gasteiger partial charge < -0.3 is 5.11 Å². The molecule has 1 aliphatic carbocycles. The summed E-state index contributed by atoms with van der Waals surface area (Å²) in [5.41, 5.74) is 4.53. The van der Waals surface area contributed by atoms with Crippen LogP contribution < -0.4 is 0 Å². The lowest BCUT2D eigenvalue weighted by molar-refractivity contribution is 0.133. The molecular formula is C17H17FO. The number of aliphatic hydroxyl groups excluding tert-OH is 1. The summed E-state index contributed by atoms with van der Waals surface area (Å²) in [6.45, 7) is 1.89. The molecule has 2 aromatic rings. The molecule has 1 N–H and O–H groups in total. The summed E-state index contributed by atoms with van der Waals surface area (Å²) in [5.74, 6) is 0.00498. The molecule has 98 valence electrons. The molecule has 0 aliphatic heterocycles. The van der Waals surface area contributed by atoms with Crippen LogP contribution >= 0.6 is 0 Å². The Balaban J connectivity index is 1.75. The molecule has 2 unspecified atom stereocenters. The van der Waals surface area contributed by atoms with Crippen molar-refractivity contribution in [3.63, 3.8) is 0 Å². The van der Waals surface area contributed by atoms with E-state index in [1.807, 2.05) is 19.1 Å². The van der Waals surface area contributed by atoms with Gasteiger partial charge in [0.25, 0.3) is 0 Å². The van der Waals surface area contributed by atoms with Crippen molar-refractivity contribution in [1.82, 2.24) is 0 Å². The predicted molar refractivity (Wildman–Crippen MR) is 73.7 cm³/mol. The van der Waals surface area contributed by atoms with E-state index in [4.69, 9.17) is 0 Å². The van der Waals surface area contributed by atoms with Crippen molar-refractivity contribution in [1.29, 1.82) is 0 Å². The predicted octanol–water partition coefficient (Wildman–Crippen LogP) is 3.38. The summed E-state index contributed by atoms with van der Waals surface area (Å²) in [7, 11) is 0. The fourth-order valence-corrected chi connectivity index (χ4v) is 2.90. The van der Waals surface area contributed by atoms with Crippen LogP contribution in [0.1, 0.15) is 28.2 Å². The number of aryl methyl sites for hydroxylation is 1. The van der Waals surface area contributed by atoms with Gasteiger partial charge in [-0.1, -0.05) is 30.3 Å². The maximum absolute atomic E-state index is 13.1. The molecule has 2 heteroatoms. The summed E-state index contributed by atoms with van der Waals surface area (Å²) >= 11 is 0. The summed E-state index contributed by atoms with van der Waals surface area (Å²) < 4.78 is 13.1. The van der Waals surface area contributed by atoms with Crippen LogP contribution in [-0.4, -0.2) is 11.2 Å². The van der Waals surface area contributed by atoms with Crippen LogP contribution in [0.25, 0.3) is 0 Å². The molecule has 0 saturated heterocycles. The Kier molecular flexibility index (Phi) is 3.11. The zero-order chi connectivity index (χ0) is 13.4. The molecule has 0 saturated carbocycles. The van der Waals surface area contributed by atoms with Gasteiger partial charge in [-0.2, -0.15) is 0 Å². The Bertz CT molecular complexity index is 606. The van der Waals surface area contributed by atoms with Crippen molar-refractivity contribution < 1.29 is 9.50 Å². The monoisotopic (exact) mass is 256 g/mol. The van der Waals surface area contributed by atoms with Gasteiger partial charge in [0.1, 0.15) is 5.82 Å². The van der Waals surface area contributed by atoms with Crippen molar-refractivity contribution in [2.45, 2.75) is 31.8 Å². The molecule has 0 aromatic heterocycles. The molecule has 2 aromatic carbocycles. The SMILES string of the molecule is Cc1cc(F)ccc1CC(O)C1Cc2ccccc21. The molecule has 0 fully saturated rings. The molecule has 3 rings (SSSR count). The number of benzene rings is 2. The lowest BCUT2D eigenvalue weighted by atomic mass is 9.73. The smallest absolute Gasteiger partial charge is 0.123 e. The van der Waals surface area contributed by atoms with E-state index in [2.05, 4.69) is 12.1 Å². The molecule has 19 heavy (non-hydrogen) atoms. The molecule has 1 nitrogen and oxygen atoms in total. The minimum absolute atomic E-state index is 0.218. The third-order valence-electron chi connectivity index (χ3n) is 4.09. The van der Waals surface area contributed by atoms with Gasteiger partial charge in [-0.3, -0.25) is 0 Å². The molecule has 0 spiro atoms. The third-order valence-corrected chi connectivity index (χ3v) is 4.09. The van der Waals surface area contributed by atoms with E-state index in [0.29, 0.717) is 6.42 Å². The summed E-state index contributed by atoms with van der Waals surface area (Å²) in [6.07, 6.45) is 1.14. The Morgan fingerprint density at radius 2 is 2.05 bits per heavy atom. The summed E-state index contributed by atoms with van der Waals surface area (Å²) in [5, 5.41) is 10.4. The fraction of sp³-hybridized carbons (Fsp3) is 0.294. The van der Waals surface area contributed by atoms with Crippen molar-refractivity contribution >= 4 is 0 Å². The van der Waals surface area contributed by atoms with Crippen LogP contribution in [0.5, 0.6) is 0 Å². The van der Waals surface area contributed by atoms with Gasteiger partial charge in [0, 0.05) is 5.92 Å². The molecule has 0 bridgehead atoms. The number of aliphatic hydroxyl groups is 1. The highest BCUT2D eigenvalue weighted by atomic mass is 19.1. The van der Waals surface area contributed by atoms with E-state index in [1.54, 1.807) is 6.07 Å². The summed E-state index contributed by atoms with van der Waals surface area (Å²) in [4.78, 5) is 0. The van der Waals surface area contributed by atoms with E-state index in [9.17, 15) is 9.50 Å². The third kappa shape index (κ3) is 2.28. The quantitative estimate of drug-likeness (QED) is 0.892. The van der Waals surface area contributed by atoms with Crippen molar-refractivity contribution in [2.75, 3.05) is 0 Å². The fourth-order valence-electron chi connectivity index (χ4n) is 2.90. The molecule has 0 amide bonds. The van der Waals surface area contributed by atoms with Gasteiger partial charge in [0.05, 0.1) is 6.10 Å². The first kappa shape index (κ1) is 12.4. The molecule has 1 aliphatic rings. The highest BCUT2D eigenvalue weighted by Gasteiger charge is 2.31. The first-order valence-electron chi connectivity index (χ1n) is 6.66. The van der Waals surface area contributed by atoms with Crippen LogP contribution in [0.3, 0.4) is 0 Å². The van der Waals surface area contributed by atoms with Gasteiger partial charge in [0.15, 0.2) is 0 Å². The number of hydrogen-bond donors (Lipinski definition) is 1. The average Bonchev–Trinajstić information content (AvgIpc) is 2.34. The van der Waals surface area contributed by atoms with Crippen molar-refractivity contribution in [3.8, 4) is 0 Å². The summed E-state index contributed by atoms with van der Waals surface area (Å²) in [6, 6.07) is 13.0. The van der Waals surface area contributed by atoms with Crippen LogP contribution in [0.2, 0.25) is 0 Å². The van der Waals surface area contributed by atoms with Crippen molar-refractivity contribution in [2.24, 2.45) is 0 Å². The minimum Gasteiger partial charge on any atom is -0.392 e. The lowest BCUT2D eigenvalue weighted by Gasteiger charge is -2.34. The maximum Gasteiger partial charge on any atom is 0.123 e. The number of rotatable bonds is 3. The van der Waals surface area contributed by atoms with Crippen molar-refractivity contribution in [3.05, 3.63) is 70.5 Å². The van der Waals surface area contributed by atoms with Crippen LogP contribution in [-0.2, 0) is 12.8 Å². The lowest BCUT2D eigenvalue weighted by Crippen LogP contribution is -2.30. The second-order valence-corrected chi connectivity index (χ2v) is 5.35. The number of hydrogen-bond acceptors (Lipinski definition) is 1. The topological polar surface area (TPSA) is 20.2 Å². The van der Waals surface area contributed by atoms with E-state index >= 15 is 0 Å². The largest absolute Gasteiger partial charge is 0.392 e. The molecule has 0 heterocycles. The number of halogens is 1. The van der Waals surface area contributed by atoms with E-state index in [1.165, 1.54) is 23.3 Å². The van der Waals surface area contributed by atoms with Crippen LogP contribution in [0.4, 0.5) is 4.39 Å². The van der Waals surface area contributed by atoms with E-state index in [-0.39, 0.29) is 17.8 Å². The zero-order valence-electron chi connectivity index (χ0n) is 10.9. The molecule has 2 atom stereocenters. The Morgan fingerprint density at radius 1 is 1.26 bits per heavy atom. The second kappa shape index (κ2) is 4.78. The van der Waals surface area contributed by atoms with Gasteiger partial charge in [-0.05, 0) is 54.2 Å². The maximum atomic E-state index is 13.1. The minimum atomic E-state index is -0.390.